The fourth-order valence-corrected chi connectivity index (χ4v) is 4.19. The lowest BCUT2D eigenvalue weighted by Crippen LogP contribution is -2.00. The Bertz CT molecular complexity index is 929. The molecule has 0 amide bonds. The van der Waals surface area contributed by atoms with E-state index in [1.54, 1.807) is 0 Å². The summed E-state index contributed by atoms with van der Waals surface area (Å²) in [7, 11) is 0. The van der Waals surface area contributed by atoms with Crippen molar-refractivity contribution >= 4 is 10.8 Å². The van der Waals surface area contributed by atoms with Crippen LogP contribution in [0.5, 0.6) is 5.75 Å². The fourth-order valence-electron chi connectivity index (χ4n) is 4.19. The van der Waals surface area contributed by atoms with E-state index in [1.165, 1.54) is 32.1 Å². The highest BCUT2D eigenvalue weighted by molar-refractivity contribution is 6.04. The molecule has 1 aliphatic carbocycles. The van der Waals surface area contributed by atoms with Crippen molar-refractivity contribution in [2.45, 2.75) is 51.6 Å². The van der Waals surface area contributed by atoms with Gasteiger partial charge in [0, 0.05) is 5.39 Å². The number of aliphatic hydroxyl groups is 1. The second kappa shape index (κ2) is 8.14. The van der Waals surface area contributed by atoms with Crippen LogP contribution in [0.4, 0.5) is 0 Å². The lowest BCUT2D eigenvalue weighted by atomic mass is 9.97. The van der Waals surface area contributed by atoms with Crippen molar-refractivity contribution in [3.63, 3.8) is 0 Å². The van der Waals surface area contributed by atoms with Crippen LogP contribution in [-0.4, -0.2) is 11.7 Å². The summed E-state index contributed by atoms with van der Waals surface area (Å²) in [5, 5.41) is 13.1. The minimum absolute atomic E-state index is 0.572. The third kappa shape index (κ3) is 3.46. The third-order valence-electron chi connectivity index (χ3n) is 5.61. The maximum Gasteiger partial charge on any atom is 0.127 e. The normalized spacial score (nSPS) is 15.0. The Hall–Kier alpha value is -2.32. The van der Waals surface area contributed by atoms with E-state index < -0.39 is 6.10 Å². The highest BCUT2D eigenvalue weighted by Crippen LogP contribution is 2.49. The fraction of sp³-hybridized carbons (Fsp3) is 0.360. The number of fused-ring (bicyclic) bond motifs is 5. The summed E-state index contributed by atoms with van der Waals surface area (Å²) in [6.07, 6.45) is 6.95. The molecular formula is C25H28O2. The second-order valence-electron chi connectivity index (χ2n) is 7.49. The molecule has 1 atom stereocenters. The first kappa shape index (κ1) is 18.1. The first-order valence-corrected chi connectivity index (χ1v) is 10.3. The van der Waals surface area contributed by atoms with Crippen LogP contribution in [0.3, 0.4) is 0 Å². The van der Waals surface area contributed by atoms with Crippen LogP contribution in [0.15, 0.2) is 54.6 Å². The highest BCUT2D eigenvalue weighted by atomic mass is 16.5. The molecule has 0 aliphatic heterocycles. The van der Waals surface area contributed by atoms with Gasteiger partial charge in [0.05, 0.1) is 6.61 Å². The van der Waals surface area contributed by atoms with Gasteiger partial charge < -0.3 is 9.84 Å². The summed E-state index contributed by atoms with van der Waals surface area (Å²) < 4.78 is 6.19. The second-order valence-corrected chi connectivity index (χ2v) is 7.49. The van der Waals surface area contributed by atoms with Crippen molar-refractivity contribution in [2.24, 2.45) is 0 Å². The maximum atomic E-state index is 10.9. The van der Waals surface area contributed by atoms with Gasteiger partial charge >= 0.3 is 0 Å². The standard InChI is InChI=1S/C25H28O2/c1-2-3-4-5-6-11-16-27-23-17-22-24(19-13-8-7-12-18(19)23)20-14-9-10-15-21(20)25(22)26/h7-10,12-15,17,25-26H,2-6,11,16H2,1H3. The first-order chi connectivity index (χ1) is 13.3. The molecule has 2 heteroatoms. The van der Waals surface area contributed by atoms with Crippen molar-refractivity contribution in [3.8, 4) is 16.9 Å². The maximum absolute atomic E-state index is 10.9. The van der Waals surface area contributed by atoms with Crippen molar-refractivity contribution < 1.29 is 9.84 Å². The predicted molar refractivity (Wildman–Crippen MR) is 112 cm³/mol. The lowest BCUT2D eigenvalue weighted by molar-refractivity contribution is 0.224. The number of ether oxygens (including phenoxy) is 1. The molecule has 1 N–H and O–H groups in total. The molecule has 1 unspecified atom stereocenters. The number of unbranched alkanes of at least 4 members (excludes halogenated alkanes) is 5. The zero-order valence-electron chi connectivity index (χ0n) is 16.1. The van der Waals surface area contributed by atoms with Crippen LogP contribution in [0.1, 0.15) is 62.7 Å². The van der Waals surface area contributed by atoms with E-state index in [9.17, 15) is 5.11 Å². The van der Waals surface area contributed by atoms with Crippen molar-refractivity contribution in [2.75, 3.05) is 6.61 Å². The minimum Gasteiger partial charge on any atom is -0.493 e. The topological polar surface area (TPSA) is 29.5 Å². The molecule has 0 radical (unpaired) electrons. The summed E-state index contributed by atoms with van der Waals surface area (Å²) in [6.45, 7) is 2.98. The Morgan fingerprint density at radius 1 is 0.815 bits per heavy atom. The molecule has 0 fully saturated rings. The molecule has 0 bridgehead atoms. The molecule has 0 saturated heterocycles. The largest absolute Gasteiger partial charge is 0.493 e. The monoisotopic (exact) mass is 360 g/mol. The zero-order chi connectivity index (χ0) is 18.6. The van der Waals surface area contributed by atoms with Gasteiger partial charge in [0.1, 0.15) is 11.9 Å². The number of hydrogen-bond donors (Lipinski definition) is 1. The Morgan fingerprint density at radius 2 is 1.52 bits per heavy atom. The molecule has 0 spiro atoms. The van der Waals surface area contributed by atoms with Crippen molar-refractivity contribution in [1.29, 1.82) is 0 Å². The van der Waals surface area contributed by atoms with Gasteiger partial charge in [0.2, 0.25) is 0 Å². The van der Waals surface area contributed by atoms with Gasteiger partial charge in [-0.05, 0) is 40.1 Å². The predicted octanol–water partition coefficient (Wildman–Crippen LogP) is 6.64. The summed E-state index contributed by atoms with van der Waals surface area (Å²) in [4.78, 5) is 0. The molecular weight excluding hydrogens is 332 g/mol. The molecule has 27 heavy (non-hydrogen) atoms. The van der Waals surface area contributed by atoms with E-state index >= 15 is 0 Å². The van der Waals surface area contributed by atoms with Gasteiger partial charge in [-0.3, -0.25) is 0 Å². The van der Waals surface area contributed by atoms with Crippen LogP contribution in [0.25, 0.3) is 21.9 Å². The molecule has 3 aromatic carbocycles. The Morgan fingerprint density at radius 3 is 2.37 bits per heavy atom. The summed E-state index contributed by atoms with van der Waals surface area (Å²) in [5.41, 5.74) is 4.25. The van der Waals surface area contributed by atoms with Crippen LogP contribution in [-0.2, 0) is 0 Å². The average molecular weight is 360 g/mol. The number of benzene rings is 3. The van der Waals surface area contributed by atoms with E-state index in [4.69, 9.17) is 4.74 Å². The number of rotatable bonds is 8. The Labute approximate surface area is 161 Å². The van der Waals surface area contributed by atoms with Gasteiger partial charge in [0.25, 0.3) is 0 Å². The molecule has 140 valence electrons. The van der Waals surface area contributed by atoms with Crippen LogP contribution in [0, 0.1) is 0 Å². The molecule has 0 heterocycles. The summed E-state index contributed by atoms with van der Waals surface area (Å²) >= 11 is 0. The Balaban J connectivity index is 1.59. The van der Waals surface area contributed by atoms with Crippen LogP contribution < -0.4 is 4.74 Å². The zero-order valence-corrected chi connectivity index (χ0v) is 16.1. The van der Waals surface area contributed by atoms with E-state index in [0.717, 1.165) is 51.8 Å². The van der Waals surface area contributed by atoms with Gasteiger partial charge in [0.15, 0.2) is 0 Å². The molecule has 0 aromatic heterocycles. The van der Waals surface area contributed by atoms with Gasteiger partial charge in [-0.15, -0.1) is 0 Å². The molecule has 2 nitrogen and oxygen atoms in total. The SMILES string of the molecule is CCCCCCCCOc1cc2c(c3ccccc13)-c1ccccc1C2O. The van der Waals surface area contributed by atoms with Crippen molar-refractivity contribution in [3.05, 3.63) is 65.7 Å². The number of hydrogen-bond acceptors (Lipinski definition) is 2. The minimum atomic E-state index is -0.572. The third-order valence-corrected chi connectivity index (χ3v) is 5.61. The van der Waals surface area contributed by atoms with Gasteiger partial charge in [-0.2, -0.15) is 0 Å². The first-order valence-electron chi connectivity index (χ1n) is 10.3. The van der Waals surface area contributed by atoms with Crippen LogP contribution in [0.2, 0.25) is 0 Å². The van der Waals surface area contributed by atoms with E-state index in [1.807, 2.05) is 18.2 Å². The quantitative estimate of drug-likeness (QED) is 0.456. The van der Waals surface area contributed by atoms with Gasteiger partial charge in [-0.25, -0.2) is 0 Å². The molecule has 1 aliphatic rings. The van der Waals surface area contributed by atoms with Crippen LogP contribution >= 0.6 is 0 Å². The van der Waals surface area contributed by atoms with E-state index in [0.29, 0.717) is 0 Å². The van der Waals surface area contributed by atoms with E-state index in [2.05, 4.69) is 43.3 Å². The lowest BCUT2D eigenvalue weighted by Gasteiger charge is -2.14. The molecule has 3 aromatic rings. The summed E-state index contributed by atoms with van der Waals surface area (Å²) in [6, 6.07) is 18.6. The molecule has 4 rings (SSSR count). The van der Waals surface area contributed by atoms with Gasteiger partial charge in [-0.1, -0.05) is 87.6 Å². The average Bonchev–Trinajstić information content (AvgIpc) is 3.00. The highest BCUT2D eigenvalue weighted by Gasteiger charge is 2.29. The molecule has 0 saturated carbocycles. The van der Waals surface area contributed by atoms with Crippen molar-refractivity contribution in [1.82, 2.24) is 0 Å². The Kier molecular flexibility index (Phi) is 5.45. The summed E-state index contributed by atoms with van der Waals surface area (Å²) in [5.74, 6) is 0.893. The smallest absolute Gasteiger partial charge is 0.127 e. The number of aliphatic hydroxyl groups excluding tert-OH is 1. The van der Waals surface area contributed by atoms with E-state index in [-0.39, 0.29) is 0 Å².